The molecule has 2 aromatic rings. The maximum Gasteiger partial charge on any atom is 0.139 e. The predicted molar refractivity (Wildman–Crippen MR) is 74.3 cm³/mol. The Morgan fingerprint density at radius 2 is 1.94 bits per heavy atom. The highest BCUT2D eigenvalue weighted by molar-refractivity contribution is 6.32. The molecule has 94 valence electrons. The van der Waals surface area contributed by atoms with Gasteiger partial charge in [0.15, 0.2) is 0 Å². The van der Waals surface area contributed by atoms with Crippen LogP contribution in [0.3, 0.4) is 0 Å². The molecule has 0 radical (unpaired) electrons. The molecule has 3 nitrogen and oxygen atoms in total. The summed E-state index contributed by atoms with van der Waals surface area (Å²) >= 11 is 5.99. The summed E-state index contributed by atoms with van der Waals surface area (Å²) < 4.78 is 5.19. The van der Waals surface area contributed by atoms with Gasteiger partial charge >= 0.3 is 0 Å². The molecule has 0 spiro atoms. The van der Waals surface area contributed by atoms with Crippen molar-refractivity contribution < 1.29 is 4.74 Å². The van der Waals surface area contributed by atoms with Crippen molar-refractivity contribution in [2.75, 3.05) is 12.4 Å². The number of pyridine rings is 1. The van der Waals surface area contributed by atoms with Crippen LogP contribution in [-0.2, 0) is 0 Å². The molecule has 2 rings (SSSR count). The first-order valence-corrected chi connectivity index (χ1v) is 6.08. The van der Waals surface area contributed by atoms with Crippen molar-refractivity contribution in [3.63, 3.8) is 0 Å². The summed E-state index contributed by atoms with van der Waals surface area (Å²) in [5.74, 6) is 0.670. The van der Waals surface area contributed by atoms with E-state index in [1.54, 1.807) is 19.5 Å². The molecule has 1 unspecified atom stereocenters. The fourth-order valence-electron chi connectivity index (χ4n) is 1.74. The smallest absolute Gasteiger partial charge is 0.139 e. The molecule has 0 saturated heterocycles. The van der Waals surface area contributed by atoms with Crippen LogP contribution in [0, 0.1) is 0 Å². The Morgan fingerprint density at radius 3 is 2.61 bits per heavy atom. The molecule has 0 aliphatic rings. The van der Waals surface area contributed by atoms with Crippen molar-refractivity contribution in [2.45, 2.75) is 13.0 Å². The van der Waals surface area contributed by atoms with Crippen LogP contribution in [0.15, 0.2) is 42.7 Å². The average molecular weight is 263 g/mol. The van der Waals surface area contributed by atoms with Crippen LogP contribution in [0.5, 0.6) is 5.75 Å². The molecule has 0 amide bonds. The van der Waals surface area contributed by atoms with Gasteiger partial charge in [-0.25, -0.2) is 0 Å². The number of anilines is 1. The summed E-state index contributed by atoms with van der Waals surface area (Å²) in [4.78, 5) is 4.01. The Morgan fingerprint density at radius 1 is 1.22 bits per heavy atom. The van der Waals surface area contributed by atoms with E-state index >= 15 is 0 Å². The maximum atomic E-state index is 5.99. The highest BCUT2D eigenvalue weighted by Gasteiger charge is 2.07. The number of rotatable bonds is 4. The molecular formula is C14H15ClN2O. The molecule has 18 heavy (non-hydrogen) atoms. The van der Waals surface area contributed by atoms with Gasteiger partial charge in [0.1, 0.15) is 5.75 Å². The molecule has 0 aliphatic heterocycles. The largest absolute Gasteiger partial charge is 0.495 e. The lowest BCUT2D eigenvalue weighted by Crippen LogP contribution is -2.06. The summed E-state index contributed by atoms with van der Waals surface area (Å²) in [5.41, 5.74) is 2.15. The highest BCUT2D eigenvalue weighted by Crippen LogP contribution is 2.29. The Bertz CT molecular complexity index is 516. The minimum absolute atomic E-state index is 0.193. The third kappa shape index (κ3) is 2.93. The average Bonchev–Trinajstić information content (AvgIpc) is 2.42. The number of aromatic nitrogens is 1. The van der Waals surface area contributed by atoms with Crippen molar-refractivity contribution in [3.8, 4) is 5.75 Å². The third-order valence-electron chi connectivity index (χ3n) is 2.74. The molecule has 1 N–H and O–H groups in total. The molecular weight excluding hydrogens is 248 g/mol. The van der Waals surface area contributed by atoms with Gasteiger partial charge in [-0.1, -0.05) is 11.6 Å². The van der Waals surface area contributed by atoms with Crippen LogP contribution >= 0.6 is 11.6 Å². The Labute approximate surface area is 112 Å². The number of benzene rings is 1. The van der Waals surface area contributed by atoms with E-state index in [0.29, 0.717) is 10.8 Å². The van der Waals surface area contributed by atoms with Crippen LogP contribution in [0.4, 0.5) is 5.69 Å². The summed E-state index contributed by atoms with van der Waals surface area (Å²) in [5, 5.41) is 4.00. The molecule has 1 heterocycles. The van der Waals surface area contributed by atoms with E-state index in [9.17, 15) is 0 Å². The van der Waals surface area contributed by atoms with Crippen molar-refractivity contribution in [1.29, 1.82) is 0 Å². The first-order valence-electron chi connectivity index (χ1n) is 5.70. The summed E-state index contributed by atoms with van der Waals surface area (Å²) in [6, 6.07) is 9.82. The maximum absolute atomic E-state index is 5.99. The first kappa shape index (κ1) is 12.7. The topological polar surface area (TPSA) is 34.1 Å². The van der Waals surface area contributed by atoms with Crippen molar-refractivity contribution in [1.82, 2.24) is 4.98 Å². The molecule has 0 saturated carbocycles. The van der Waals surface area contributed by atoms with Crippen LogP contribution in [-0.4, -0.2) is 12.1 Å². The Kier molecular flexibility index (Phi) is 4.05. The van der Waals surface area contributed by atoms with Gasteiger partial charge in [-0.05, 0) is 36.8 Å². The van der Waals surface area contributed by atoms with Crippen molar-refractivity contribution >= 4 is 17.3 Å². The van der Waals surface area contributed by atoms with E-state index < -0.39 is 0 Å². The lowest BCUT2D eigenvalue weighted by molar-refractivity contribution is 0.415. The van der Waals surface area contributed by atoms with Gasteiger partial charge in [-0.3, -0.25) is 4.98 Å². The second kappa shape index (κ2) is 5.74. The first-order chi connectivity index (χ1) is 8.70. The van der Waals surface area contributed by atoms with Gasteiger partial charge < -0.3 is 10.1 Å². The van der Waals surface area contributed by atoms with Gasteiger partial charge in [0.05, 0.1) is 12.1 Å². The quantitative estimate of drug-likeness (QED) is 0.907. The molecule has 0 fully saturated rings. The number of nitrogens with zero attached hydrogens (tertiary/aromatic N) is 1. The molecule has 1 aromatic heterocycles. The minimum Gasteiger partial charge on any atom is -0.495 e. The zero-order valence-electron chi connectivity index (χ0n) is 10.4. The van der Waals surface area contributed by atoms with Crippen LogP contribution in [0.2, 0.25) is 5.02 Å². The monoisotopic (exact) mass is 262 g/mol. The number of hydrogen-bond acceptors (Lipinski definition) is 3. The molecule has 0 aliphatic carbocycles. The van der Waals surface area contributed by atoms with Crippen molar-refractivity contribution in [3.05, 3.63) is 53.3 Å². The highest BCUT2D eigenvalue weighted by atomic mass is 35.5. The van der Waals surface area contributed by atoms with E-state index in [-0.39, 0.29) is 6.04 Å². The number of hydrogen-bond donors (Lipinski definition) is 1. The van der Waals surface area contributed by atoms with Crippen LogP contribution in [0.1, 0.15) is 18.5 Å². The zero-order chi connectivity index (χ0) is 13.0. The van der Waals surface area contributed by atoms with Gasteiger partial charge in [-0.2, -0.15) is 0 Å². The van der Waals surface area contributed by atoms with Crippen LogP contribution in [0.25, 0.3) is 0 Å². The molecule has 0 bridgehead atoms. The Hall–Kier alpha value is -1.74. The summed E-state index contributed by atoms with van der Waals surface area (Å²) in [7, 11) is 1.61. The lowest BCUT2D eigenvalue weighted by Gasteiger charge is -2.16. The molecule has 1 aromatic carbocycles. The fourth-order valence-corrected chi connectivity index (χ4v) is 1.93. The van der Waals surface area contributed by atoms with E-state index in [1.165, 1.54) is 5.56 Å². The van der Waals surface area contributed by atoms with E-state index in [4.69, 9.17) is 16.3 Å². The van der Waals surface area contributed by atoms with Gasteiger partial charge in [0.25, 0.3) is 0 Å². The van der Waals surface area contributed by atoms with Gasteiger partial charge in [0.2, 0.25) is 0 Å². The molecule has 4 heteroatoms. The zero-order valence-corrected chi connectivity index (χ0v) is 11.1. The van der Waals surface area contributed by atoms with Crippen molar-refractivity contribution in [2.24, 2.45) is 0 Å². The fraction of sp³-hybridized carbons (Fsp3) is 0.214. The standard InChI is InChI=1S/C14H15ClN2O/c1-10(11-5-7-16-8-6-11)17-12-3-4-13(15)14(9-12)18-2/h3-10,17H,1-2H3. The SMILES string of the molecule is COc1cc(NC(C)c2ccncc2)ccc1Cl. The predicted octanol–water partition coefficient (Wildman–Crippen LogP) is 3.92. The number of methoxy groups -OCH3 is 1. The number of nitrogens with one attached hydrogen (secondary N) is 1. The third-order valence-corrected chi connectivity index (χ3v) is 3.05. The second-order valence-corrected chi connectivity index (χ2v) is 4.40. The van der Waals surface area contributed by atoms with Crippen LogP contribution < -0.4 is 10.1 Å². The van der Waals surface area contributed by atoms with Gasteiger partial charge in [0, 0.05) is 30.2 Å². The summed E-state index contributed by atoms with van der Waals surface area (Å²) in [6.07, 6.45) is 3.58. The lowest BCUT2D eigenvalue weighted by atomic mass is 10.1. The van der Waals surface area contributed by atoms with E-state index in [1.807, 2.05) is 30.3 Å². The number of halogens is 1. The van der Waals surface area contributed by atoms with E-state index in [2.05, 4.69) is 17.2 Å². The normalized spacial score (nSPS) is 11.9. The minimum atomic E-state index is 0.193. The summed E-state index contributed by atoms with van der Waals surface area (Å²) in [6.45, 7) is 2.09. The number of ether oxygens (including phenoxy) is 1. The Balaban J connectivity index is 2.14. The van der Waals surface area contributed by atoms with Gasteiger partial charge in [-0.15, -0.1) is 0 Å². The second-order valence-electron chi connectivity index (χ2n) is 4.00. The van der Waals surface area contributed by atoms with E-state index in [0.717, 1.165) is 5.69 Å². The molecule has 1 atom stereocenters.